The van der Waals surface area contributed by atoms with Crippen LogP contribution in [0.2, 0.25) is 10.0 Å². The van der Waals surface area contributed by atoms with Gasteiger partial charge in [0.25, 0.3) is 0 Å². The van der Waals surface area contributed by atoms with Crippen molar-refractivity contribution in [3.05, 3.63) is 63.4 Å². The Balaban J connectivity index is 1.97. The molecule has 1 aliphatic heterocycles. The standard InChI is InChI=1S/C19H18Cl2FN3/c1-24-7-6-17(12-24)25(11-14-8-15(22)3-5-18(14)20)16-4-2-13(10-23)19(21)9-16/h2-5,8-9,17H,6-7,11-12H2,1H3/t17-/m0/s1. The van der Waals surface area contributed by atoms with Crippen molar-refractivity contribution >= 4 is 28.9 Å². The largest absolute Gasteiger partial charge is 0.363 e. The van der Waals surface area contributed by atoms with Gasteiger partial charge in [0.15, 0.2) is 0 Å². The van der Waals surface area contributed by atoms with Crippen molar-refractivity contribution < 1.29 is 4.39 Å². The van der Waals surface area contributed by atoms with E-state index in [0.29, 0.717) is 22.2 Å². The molecular weight excluding hydrogens is 360 g/mol. The summed E-state index contributed by atoms with van der Waals surface area (Å²) in [5.41, 5.74) is 2.08. The van der Waals surface area contributed by atoms with E-state index in [2.05, 4.69) is 22.9 Å². The lowest BCUT2D eigenvalue weighted by Crippen LogP contribution is -2.36. The first-order valence-corrected chi connectivity index (χ1v) is 8.82. The molecule has 3 rings (SSSR count). The predicted molar refractivity (Wildman–Crippen MR) is 99.7 cm³/mol. The molecule has 0 bridgehead atoms. The van der Waals surface area contributed by atoms with Crippen molar-refractivity contribution in [2.45, 2.75) is 19.0 Å². The van der Waals surface area contributed by atoms with Crippen molar-refractivity contribution in [3.63, 3.8) is 0 Å². The van der Waals surface area contributed by atoms with Gasteiger partial charge in [-0.25, -0.2) is 4.39 Å². The highest BCUT2D eigenvalue weighted by Crippen LogP contribution is 2.30. The first kappa shape index (κ1) is 18.0. The molecule has 1 heterocycles. The molecule has 1 saturated heterocycles. The van der Waals surface area contributed by atoms with Crippen molar-refractivity contribution in [2.75, 3.05) is 25.0 Å². The summed E-state index contributed by atoms with van der Waals surface area (Å²) in [6.45, 7) is 2.39. The van der Waals surface area contributed by atoms with Gasteiger partial charge in [-0.3, -0.25) is 0 Å². The summed E-state index contributed by atoms with van der Waals surface area (Å²) in [5, 5.41) is 10.0. The maximum absolute atomic E-state index is 13.7. The fraction of sp³-hybridized carbons (Fsp3) is 0.316. The summed E-state index contributed by atoms with van der Waals surface area (Å²) < 4.78 is 13.7. The average Bonchev–Trinajstić information content (AvgIpc) is 3.01. The second kappa shape index (κ2) is 7.61. The Labute approximate surface area is 157 Å². The Morgan fingerprint density at radius 1 is 1.24 bits per heavy atom. The number of likely N-dealkylation sites (N-methyl/N-ethyl adjacent to an activating group) is 1. The van der Waals surface area contributed by atoms with Crippen LogP contribution in [-0.2, 0) is 6.54 Å². The van der Waals surface area contributed by atoms with Crippen LogP contribution < -0.4 is 4.90 Å². The Morgan fingerprint density at radius 3 is 2.68 bits per heavy atom. The highest BCUT2D eigenvalue weighted by atomic mass is 35.5. The Kier molecular flexibility index (Phi) is 5.48. The molecule has 0 unspecified atom stereocenters. The summed E-state index contributed by atoms with van der Waals surface area (Å²) in [7, 11) is 2.08. The molecule has 1 aliphatic rings. The van der Waals surface area contributed by atoms with Crippen LogP contribution in [0.5, 0.6) is 0 Å². The van der Waals surface area contributed by atoms with E-state index >= 15 is 0 Å². The van der Waals surface area contributed by atoms with Gasteiger partial charge in [0, 0.05) is 29.8 Å². The van der Waals surface area contributed by atoms with Crippen molar-refractivity contribution in [1.82, 2.24) is 4.90 Å². The highest BCUT2D eigenvalue weighted by Gasteiger charge is 2.27. The Morgan fingerprint density at radius 2 is 2.04 bits per heavy atom. The second-order valence-electron chi connectivity index (χ2n) is 6.34. The molecule has 0 N–H and O–H groups in total. The van der Waals surface area contributed by atoms with Crippen LogP contribution in [0.15, 0.2) is 36.4 Å². The van der Waals surface area contributed by atoms with Crippen LogP contribution in [0.4, 0.5) is 10.1 Å². The summed E-state index contributed by atoms with van der Waals surface area (Å²) in [6, 6.07) is 12.2. The maximum Gasteiger partial charge on any atom is 0.123 e. The number of nitriles is 1. The zero-order chi connectivity index (χ0) is 18.0. The molecular formula is C19H18Cl2FN3. The number of likely N-dealkylation sites (tertiary alicyclic amines) is 1. The Bertz CT molecular complexity index is 819. The minimum absolute atomic E-state index is 0.272. The number of hydrogen-bond acceptors (Lipinski definition) is 3. The summed E-state index contributed by atoms with van der Waals surface area (Å²) in [4.78, 5) is 4.45. The molecule has 1 fully saturated rings. The first-order chi connectivity index (χ1) is 12.0. The van der Waals surface area contributed by atoms with Crippen molar-refractivity contribution in [2.24, 2.45) is 0 Å². The van der Waals surface area contributed by atoms with E-state index in [9.17, 15) is 4.39 Å². The molecule has 0 amide bonds. The van der Waals surface area contributed by atoms with Crippen LogP contribution >= 0.6 is 23.2 Å². The summed E-state index contributed by atoms with van der Waals surface area (Å²) in [5.74, 6) is -0.305. The second-order valence-corrected chi connectivity index (χ2v) is 7.16. The lowest BCUT2D eigenvalue weighted by atomic mass is 10.1. The molecule has 0 spiro atoms. The SMILES string of the molecule is CN1CC[C@H](N(Cc2cc(F)ccc2Cl)c2ccc(C#N)c(Cl)c2)C1. The van der Waals surface area contributed by atoms with E-state index in [4.69, 9.17) is 28.5 Å². The van der Waals surface area contributed by atoms with E-state index in [1.807, 2.05) is 6.07 Å². The van der Waals surface area contributed by atoms with Gasteiger partial charge >= 0.3 is 0 Å². The average molecular weight is 378 g/mol. The molecule has 2 aromatic rings. The number of hydrogen-bond donors (Lipinski definition) is 0. The number of halogens is 3. The highest BCUT2D eigenvalue weighted by molar-refractivity contribution is 6.32. The van der Waals surface area contributed by atoms with Gasteiger partial charge in [0.2, 0.25) is 0 Å². The molecule has 1 atom stereocenters. The minimum atomic E-state index is -0.305. The zero-order valence-corrected chi connectivity index (χ0v) is 15.4. The monoisotopic (exact) mass is 377 g/mol. The van der Waals surface area contributed by atoms with E-state index in [1.165, 1.54) is 12.1 Å². The van der Waals surface area contributed by atoms with E-state index in [-0.39, 0.29) is 11.9 Å². The van der Waals surface area contributed by atoms with E-state index in [1.54, 1.807) is 18.2 Å². The fourth-order valence-corrected chi connectivity index (χ4v) is 3.61. The summed E-state index contributed by atoms with van der Waals surface area (Å²) in [6.07, 6.45) is 1.00. The molecule has 2 aromatic carbocycles. The predicted octanol–water partition coefficient (Wildman–Crippen LogP) is 4.71. The van der Waals surface area contributed by atoms with Crippen LogP contribution in [0, 0.1) is 17.1 Å². The smallest absolute Gasteiger partial charge is 0.123 e. The third-order valence-corrected chi connectivity index (χ3v) is 5.24. The summed E-state index contributed by atoms with van der Waals surface area (Å²) >= 11 is 12.5. The normalized spacial score (nSPS) is 17.5. The number of nitrogens with zero attached hydrogens (tertiary/aromatic N) is 3. The number of rotatable bonds is 4. The lowest BCUT2D eigenvalue weighted by Gasteiger charge is -2.32. The van der Waals surface area contributed by atoms with Gasteiger partial charge in [0.1, 0.15) is 11.9 Å². The molecule has 0 saturated carbocycles. The van der Waals surface area contributed by atoms with Gasteiger partial charge in [-0.1, -0.05) is 23.2 Å². The van der Waals surface area contributed by atoms with Crippen LogP contribution in [0.25, 0.3) is 0 Å². The topological polar surface area (TPSA) is 30.3 Å². The van der Waals surface area contributed by atoms with Gasteiger partial charge in [-0.15, -0.1) is 0 Å². The molecule has 0 aliphatic carbocycles. The van der Waals surface area contributed by atoms with E-state index in [0.717, 1.165) is 30.8 Å². The minimum Gasteiger partial charge on any atom is -0.363 e. The maximum atomic E-state index is 13.7. The Hall–Kier alpha value is -1.80. The first-order valence-electron chi connectivity index (χ1n) is 8.06. The molecule has 130 valence electrons. The quantitative estimate of drug-likeness (QED) is 0.772. The van der Waals surface area contributed by atoms with Crippen LogP contribution in [0.1, 0.15) is 17.5 Å². The van der Waals surface area contributed by atoms with Gasteiger partial charge in [-0.2, -0.15) is 5.26 Å². The fourth-order valence-electron chi connectivity index (χ4n) is 3.22. The number of anilines is 1. The van der Waals surface area contributed by atoms with Gasteiger partial charge in [-0.05, 0) is 62.0 Å². The van der Waals surface area contributed by atoms with E-state index < -0.39 is 0 Å². The number of benzene rings is 2. The van der Waals surface area contributed by atoms with Crippen LogP contribution in [-0.4, -0.2) is 31.1 Å². The van der Waals surface area contributed by atoms with Crippen LogP contribution in [0.3, 0.4) is 0 Å². The third kappa shape index (κ3) is 4.07. The molecule has 0 radical (unpaired) electrons. The molecule has 6 heteroatoms. The molecule has 25 heavy (non-hydrogen) atoms. The van der Waals surface area contributed by atoms with Crippen molar-refractivity contribution in [1.29, 1.82) is 5.26 Å². The molecule has 3 nitrogen and oxygen atoms in total. The molecule has 0 aromatic heterocycles. The van der Waals surface area contributed by atoms with Gasteiger partial charge in [0.05, 0.1) is 10.6 Å². The van der Waals surface area contributed by atoms with Gasteiger partial charge < -0.3 is 9.80 Å². The lowest BCUT2D eigenvalue weighted by molar-refractivity contribution is 0.407. The van der Waals surface area contributed by atoms with Crippen molar-refractivity contribution in [3.8, 4) is 6.07 Å². The third-order valence-electron chi connectivity index (χ3n) is 4.56. The zero-order valence-electron chi connectivity index (χ0n) is 13.8.